The van der Waals surface area contributed by atoms with Crippen molar-refractivity contribution in [1.82, 2.24) is 0 Å². The van der Waals surface area contributed by atoms with Gasteiger partial charge in [-0.1, -0.05) is 29.8 Å². The van der Waals surface area contributed by atoms with E-state index in [0.717, 1.165) is 0 Å². The molecule has 1 aromatic heterocycles. The van der Waals surface area contributed by atoms with E-state index in [1.165, 1.54) is 32.4 Å². The summed E-state index contributed by atoms with van der Waals surface area (Å²) in [5.74, 6) is 0.0187. The van der Waals surface area contributed by atoms with Crippen molar-refractivity contribution < 1.29 is 18.7 Å². The van der Waals surface area contributed by atoms with Gasteiger partial charge in [0.05, 0.1) is 30.3 Å². The van der Waals surface area contributed by atoms with Crippen LogP contribution in [0.3, 0.4) is 0 Å². The first-order valence-electron chi connectivity index (χ1n) is 7.29. The number of halogens is 1. The maximum atomic E-state index is 12.5. The molecular weight excluding hydrogens is 346 g/mol. The first-order valence-corrected chi connectivity index (χ1v) is 7.67. The maximum absolute atomic E-state index is 12.5. The second kappa shape index (κ2) is 6.86. The molecule has 0 atom stereocenters. The Bertz CT molecular complexity index is 1010. The van der Waals surface area contributed by atoms with Crippen LogP contribution in [0.5, 0.6) is 11.5 Å². The number of benzene rings is 2. The SMILES string of the molecule is COc1cc(NC(=O)c2cc3ccccc3c(=O)o2)c(OC)cc1Cl. The average molecular weight is 360 g/mol. The Morgan fingerprint density at radius 1 is 1.08 bits per heavy atom. The summed E-state index contributed by atoms with van der Waals surface area (Å²) in [6, 6.07) is 11.4. The number of amides is 1. The van der Waals surface area contributed by atoms with Crippen LogP contribution in [0.2, 0.25) is 5.02 Å². The average Bonchev–Trinajstić information content (AvgIpc) is 2.62. The summed E-state index contributed by atoms with van der Waals surface area (Å²) in [6.07, 6.45) is 0. The van der Waals surface area contributed by atoms with Gasteiger partial charge in [-0.3, -0.25) is 4.79 Å². The Morgan fingerprint density at radius 3 is 2.52 bits per heavy atom. The lowest BCUT2D eigenvalue weighted by molar-refractivity contribution is 0.0992. The van der Waals surface area contributed by atoms with Crippen LogP contribution in [-0.2, 0) is 0 Å². The number of fused-ring (bicyclic) bond motifs is 1. The topological polar surface area (TPSA) is 77.8 Å². The summed E-state index contributed by atoms with van der Waals surface area (Å²) >= 11 is 6.04. The highest BCUT2D eigenvalue weighted by Crippen LogP contribution is 2.36. The smallest absolute Gasteiger partial charge is 0.344 e. The molecule has 128 valence electrons. The van der Waals surface area contributed by atoms with Gasteiger partial charge in [0.2, 0.25) is 0 Å². The molecule has 2 aromatic carbocycles. The lowest BCUT2D eigenvalue weighted by Crippen LogP contribution is -2.15. The quantitative estimate of drug-likeness (QED) is 0.768. The number of hydrogen-bond acceptors (Lipinski definition) is 5. The second-order valence-corrected chi connectivity index (χ2v) is 5.53. The summed E-state index contributed by atoms with van der Waals surface area (Å²) in [7, 11) is 2.91. The molecular formula is C18H14ClNO5. The van der Waals surface area contributed by atoms with E-state index >= 15 is 0 Å². The van der Waals surface area contributed by atoms with Gasteiger partial charge in [-0.2, -0.15) is 0 Å². The van der Waals surface area contributed by atoms with Crippen LogP contribution in [0, 0.1) is 0 Å². The Labute approximate surface area is 147 Å². The number of rotatable bonds is 4. The minimum Gasteiger partial charge on any atom is -0.495 e. The van der Waals surface area contributed by atoms with E-state index in [-0.39, 0.29) is 5.76 Å². The normalized spacial score (nSPS) is 10.5. The molecule has 0 saturated heterocycles. The zero-order valence-corrected chi connectivity index (χ0v) is 14.2. The fourth-order valence-electron chi connectivity index (χ4n) is 2.39. The zero-order valence-electron chi connectivity index (χ0n) is 13.5. The summed E-state index contributed by atoms with van der Waals surface area (Å²) in [6.45, 7) is 0. The molecule has 0 fully saturated rings. The van der Waals surface area contributed by atoms with E-state index in [0.29, 0.717) is 33.0 Å². The lowest BCUT2D eigenvalue weighted by Gasteiger charge is -2.13. The Hall–Kier alpha value is -2.99. The van der Waals surface area contributed by atoms with Crippen LogP contribution in [0.25, 0.3) is 10.8 Å². The van der Waals surface area contributed by atoms with Crippen LogP contribution < -0.4 is 20.4 Å². The van der Waals surface area contributed by atoms with Crippen molar-refractivity contribution in [3.8, 4) is 11.5 Å². The second-order valence-electron chi connectivity index (χ2n) is 5.13. The molecule has 1 N–H and O–H groups in total. The minimum absolute atomic E-state index is 0.111. The molecule has 0 saturated carbocycles. The van der Waals surface area contributed by atoms with E-state index in [4.69, 9.17) is 25.5 Å². The highest BCUT2D eigenvalue weighted by molar-refractivity contribution is 6.32. The molecule has 3 aromatic rings. The number of carbonyl (C=O) groups excluding carboxylic acids is 1. The Kier molecular flexibility index (Phi) is 4.63. The van der Waals surface area contributed by atoms with Gasteiger partial charge in [0, 0.05) is 12.1 Å². The molecule has 0 unspecified atom stereocenters. The molecule has 3 rings (SSSR count). The fourth-order valence-corrected chi connectivity index (χ4v) is 2.62. The molecule has 0 radical (unpaired) electrons. The first-order chi connectivity index (χ1) is 12.0. The lowest BCUT2D eigenvalue weighted by atomic mass is 10.1. The number of hydrogen-bond donors (Lipinski definition) is 1. The van der Waals surface area contributed by atoms with Crippen molar-refractivity contribution in [2.75, 3.05) is 19.5 Å². The third-order valence-corrected chi connectivity index (χ3v) is 3.91. The molecule has 6 nitrogen and oxygen atoms in total. The van der Waals surface area contributed by atoms with Crippen molar-refractivity contribution in [2.45, 2.75) is 0 Å². The highest BCUT2D eigenvalue weighted by atomic mass is 35.5. The molecule has 25 heavy (non-hydrogen) atoms. The van der Waals surface area contributed by atoms with Crippen molar-refractivity contribution in [1.29, 1.82) is 0 Å². The first kappa shape index (κ1) is 16.9. The number of methoxy groups -OCH3 is 2. The van der Waals surface area contributed by atoms with Gasteiger partial charge < -0.3 is 19.2 Å². The number of anilines is 1. The zero-order chi connectivity index (χ0) is 18.0. The maximum Gasteiger partial charge on any atom is 0.344 e. The van der Waals surface area contributed by atoms with E-state index in [2.05, 4.69) is 5.32 Å². The van der Waals surface area contributed by atoms with Crippen molar-refractivity contribution in [2.24, 2.45) is 0 Å². The summed E-state index contributed by atoms with van der Waals surface area (Å²) < 4.78 is 15.5. The monoisotopic (exact) mass is 359 g/mol. The third kappa shape index (κ3) is 3.29. The van der Waals surface area contributed by atoms with Gasteiger partial charge in [0.15, 0.2) is 5.76 Å². The minimum atomic E-state index is -0.592. The molecule has 0 aliphatic rings. The number of ether oxygens (including phenoxy) is 2. The van der Waals surface area contributed by atoms with Crippen molar-refractivity contribution in [3.05, 3.63) is 63.7 Å². The van der Waals surface area contributed by atoms with E-state index < -0.39 is 11.5 Å². The fraction of sp³-hybridized carbons (Fsp3) is 0.111. The molecule has 0 bridgehead atoms. The van der Waals surface area contributed by atoms with Crippen LogP contribution in [0.15, 0.2) is 51.7 Å². The van der Waals surface area contributed by atoms with Gasteiger partial charge in [-0.05, 0) is 17.5 Å². The van der Waals surface area contributed by atoms with Gasteiger partial charge in [-0.15, -0.1) is 0 Å². The summed E-state index contributed by atoms with van der Waals surface area (Å²) in [5.41, 5.74) is -0.242. The molecule has 7 heteroatoms. The molecule has 0 aliphatic carbocycles. The van der Waals surface area contributed by atoms with Gasteiger partial charge in [0.25, 0.3) is 5.91 Å². The largest absolute Gasteiger partial charge is 0.495 e. The standard InChI is InChI=1S/C18H14ClNO5/c1-23-14-9-13(15(24-2)8-12(14)19)20-17(21)16-7-10-5-3-4-6-11(10)18(22)25-16/h3-9H,1-2H3,(H,20,21). The van der Waals surface area contributed by atoms with Gasteiger partial charge in [0.1, 0.15) is 11.5 Å². The third-order valence-electron chi connectivity index (χ3n) is 3.62. The summed E-state index contributed by atoms with van der Waals surface area (Å²) in [4.78, 5) is 24.5. The van der Waals surface area contributed by atoms with E-state index in [1.54, 1.807) is 24.3 Å². The Morgan fingerprint density at radius 2 is 1.80 bits per heavy atom. The molecule has 0 aliphatic heterocycles. The number of carbonyl (C=O) groups is 1. The molecule has 0 spiro atoms. The predicted octanol–water partition coefficient (Wildman–Crippen LogP) is 3.72. The van der Waals surface area contributed by atoms with Crippen LogP contribution in [0.1, 0.15) is 10.6 Å². The summed E-state index contributed by atoms with van der Waals surface area (Å²) in [5, 5.41) is 4.00. The van der Waals surface area contributed by atoms with Crippen molar-refractivity contribution >= 4 is 34.0 Å². The molecule has 1 heterocycles. The van der Waals surface area contributed by atoms with Gasteiger partial charge >= 0.3 is 5.63 Å². The predicted molar refractivity (Wildman–Crippen MR) is 95.0 cm³/mol. The van der Waals surface area contributed by atoms with E-state index in [1.807, 2.05) is 0 Å². The Balaban J connectivity index is 1.99. The number of nitrogens with one attached hydrogen (secondary N) is 1. The highest BCUT2D eigenvalue weighted by Gasteiger charge is 2.16. The van der Waals surface area contributed by atoms with Gasteiger partial charge in [-0.25, -0.2) is 4.79 Å². The van der Waals surface area contributed by atoms with Crippen LogP contribution in [-0.4, -0.2) is 20.1 Å². The van der Waals surface area contributed by atoms with Crippen LogP contribution in [0.4, 0.5) is 5.69 Å². The molecule has 1 amide bonds. The van der Waals surface area contributed by atoms with Crippen molar-refractivity contribution in [3.63, 3.8) is 0 Å². The van der Waals surface area contributed by atoms with E-state index in [9.17, 15) is 9.59 Å². The van der Waals surface area contributed by atoms with Crippen LogP contribution >= 0.6 is 11.6 Å².